The third-order valence-corrected chi connectivity index (χ3v) is 6.16. The van der Waals surface area contributed by atoms with Gasteiger partial charge in [-0.15, -0.1) is 0 Å². The molecule has 8 heteroatoms. The van der Waals surface area contributed by atoms with Crippen molar-refractivity contribution in [3.05, 3.63) is 99.4 Å². The molecule has 34 heavy (non-hydrogen) atoms. The Labute approximate surface area is 198 Å². The summed E-state index contributed by atoms with van der Waals surface area (Å²) in [4.78, 5) is 40.7. The van der Waals surface area contributed by atoms with Crippen molar-refractivity contribution < 1.29 is 14.5 Å². The molecule has 1 atom stereocenters. The second kappa shape index (κ2) is 9.91. The molecule has 3 aromatic rings. The van der Waals surface area contributed by atoms with Crippen molar-refractivity contribution in [1.29, 1.82) is 0 Å². The summed E-state index contributed by atoms with van der Waals surface area (Å²) in [5.41, 5.74) is 3.26. The maximum atomic E-state index is 13.6. The number of nitro benzene ring substituents is 1. The van der Waals surface area contributed by atoms with Gasteiger partial charge in [-0.1, -0.05) is 42.8 Å². The first-order chi connectivity index (χ1) is 16.4. The van der Waals surface area contributed by atoms with Crippen molar-refractivity contribution in [3.63, 3.8) is 0 Å². The molecule has 176 valence electrons. The summed E-state index contributed by atoms with van der Waals surface area (Å²) in [6.45, 7) is 5.47. The van der Waals surface area contributed by atoms with Gasteiger partial charge in [0.15, 0.2) is 0 Å². The number of hydrogen-bond acceptors (Lipinski definition) is 4. The molecule has 2 amide bonds. The van der Waals surface area contributed by atoms with E-state index in [0.29, 0.717) is 26.1 Å². The molecule has 2 aromatic carbocycles. The van der Waals surface area contributed by atoms with Crippen LogP contribution in [0.2, 0.25) is 0 Å². The lowest BCUT2D eigenvalue weighted by Crippen LogP contribution is -2.48. The Kier molecular flexibility index (Phi) is 6.77. The summed E-state index contributed by atoms with van der Waals surface area (Å²) < 4.78 is 2.16. The summed E-state index contributed by atoms with van der Waals surface area (Å²) in [6, 6.07) is 17.6. The van der Waals surface area contributed by atoms with Crippen LogP contribution in [0.1, 0.15) is 46.6 Å². The molecule has 0 unspecified atom stereocenters. The monoisotopic (exact) mass is 460 g/mol. The van der Waals surface area contributed by atoms with E-state index in [1.807, 2.05) is 61.3 Å². The molecular formula is C26H28N4O4. The van der Waals surface area contributed by atoms with E-state index in [1.54, 1.807) is 6.07 Å². The van der Waals surface area contributed by atoms with Crippen LogP contribution < -0.4 is 0 Å². The summed E-state index contributed by atoms with van der Waals surface area (Å²) >= 11 is 0. The van der Waals surface area contributed by atoms with E-state index >= 15 is 0 Å². The number of carbonyl (C=O) groups is 2. The molecule has 0 aliphatic carbocycles. The molecule has 0 radical (unpaired) electrons. The summed E-state index contributed by atoms with van der Waals surface area (Å²) in [6.07, 6.45) is 2.69. The highest BCUT2D eigenvalue weighted by molar-refractivity contribution is 5.97. The zero-order chi connectivity index (χ0) is 24.2. The predicted molar refractivity (Wildman–Crippen MR) is 128 cm³/mol. The Morgan fingerprint density at radius 2 is 1.85 bits per heavy atom. The maximum Gasteiger partial charge on any atom is 0.270 e. The molecule has 2 heterocycles. The molecule has 0 spiro atoms. The fourth-order valence-corrected chi connectivity index (χ4v) is 4.46. The van der Waals surface area contributed by atoms with Crippen LogP contribution in [0.4, 0.5) is 5.69 Å². The average Bonchev–Trinajstić information content (AvgIpc) is 3.32. The molecule has 8 nitrogen and oxygen atoms in total. The number of nitro groups is 1. The first kappa shape index (κ1) is 23.2. The number of aryl methyl sites for hydroxylation is 1. The van der Waals surface area contributed by atoms with Crippen molar-refractivity contribution in [2.45, 2.75) is 32.9 Å². The predicted octanol–water partition coefficient (Wildman–Crippen LogP) is 4.19. The number of aromatic nitrogens is 1. The number of nitrogens with zero attached hydrogens (tertiary/aromatic N) is 4. The molecule has 1 aliphatic rings. The zero-order valence-corrected chi connectivity index (χ0v) is 19.4. The minimum Gasteiger partial charge on any atom is -0.348 e. The van der Waals surface area contributed by atoms with Crippen molar-refractivity contribution in [3.8, 4) is 0 Å². The molecule has 1 aliphatic heterocycles. The van der Waals surface area contributed by atoms with Crippen LogP contribution >= 0.6 is 0 Å². The number of benzene rings is 2. The van der Waals surface area contributed by atoms with E-state index in [0.717, 1.165) is 16.8 Å². The number of hydrogen-bond donors (Lipinski definition) is 0. The molecule has 0 fully saturated rings. The highest BCUT2D eigenvalue weighted by atomic mass is 16.6. The number of amides is 2. The van der Waals surface area contributed by atoms with Crippen molar-refractivity contribution in [1.82, 2.24) is 14.4 Å². The Hall–Kier alpha value is -3.94. The minimum absolute atomic E-state index is 0.0849. The Morgan fingerprint density at radius 1 is 1.09 bits per heavy atom. The van der Waals surface area contributed by atoms with Crippen molar-refractivity contribution >= 4 is 17.5 Å². The van der Waals surface area contributed by atoms with Gasteiger partial charge in [-0.3, -0.25) is 19.7 Å². The van der Waals surface area contributed by atoms with Crippen LogP contribution in [0, 0.1) is 17.0 Å². The number of carbonyl (C=O) groups excluding carboxylic acids is 2. The number of non-ortho nitro benzene ring substituents is 1. The first-order valence-electron chi connectivity index (χ1n) is 11.4. The van der Waals surface area contributed by atoms with Crippen LogP contribution in [-0.4, -0.2) is 50.7 Å². The van der Waals surface area contributed by atoms with Crippen LogP contribution in [0.5, 0.6) is 0 Å². The third kappa shape index (κ3) is 4.71. The van der Waals surface area contributed by atoms with Crippen LogP contribution in [-0.2, 0) is 11.3 Å². The summed E-state index contributed by atoms with van der Waals surface area (Å²) in [7, 11) is 0. The van der Waals surface area contributed by atoms with Crippen LogP contribution in [0.3, 0.4) is 0 Å². The van der Waals surface area contributed by atoms with E-state index in [4.69, 9.17) is 0 Å². The fourth-order valence-electron chi connectivity index (χ4n) is 4.46. The maximum absolute atomic E-state index is 13.6. The SMILES string of the molecule is CCCN(CC(=O)N1CCn2cccc2[C@@H]1c1ccc(C)cc1)C(=O)c1cccc([N+](=O)[O-])c1. The lowest BCUT2D eigenvalue weighted by molar-refractivity contribution is -0.384. The van der Waals surface area contributed by atoms with Gasteiger partial charge < -0.3 is 14.4 Å². The first-order valence-corrected chi connectivity index (χ1v) is 11.4. The third-order valence-electron chi connectivity index (χ3n) is 6.16. The average molecular weight is 461 g/mol. The largest absolute Gasteiger partial charge is 0.348 e. The molecule has 0 N–H and O–H groups in total. The van der Waals surface area contributed by atoms with Gasteiger partial charge in [0.25, 0.3) is 11.6 Å². The topological polar surface area (TPSA) is 88.7 Å². The molecule has 0 saturated carbocycles. The zero-order valence-electron chi connectivity index (χ0n) is 19.4. The minimum atomic E-state index is -0.527. The molecule has 1 aromatic heterocycles. The van der Waals surface area contributed by atoms with E-state index in [-0.39, 0.29) is 35.7 Å². The molecule has 0 saturated heterocycles. The van der Waals surface area contributed by atoms with Crippen molar-refractivity contribution in [2.75, 3.05) is 19.6 Å². The van der Waals surface area contributed by atoms with Gasteiger partial charge in [0.05, 0.1) is 11.0 Å². The molecular weight excluding hydrogens is 432 g/mol. The van der Waals surface area contributed by atoms with Crippen LogP contribution in [0.25, 0.3) is 0 Å². The quantitative estimate of drug-likeness (QED) is 0.391. The van der Waals surface area contributed by atoms with Gasteiger partial charge in [0.2, 0.25) is 5.91 Å². The van der Waals surface area contributed by atoms with Gasteiger partial charge in [0, 0.05) is 49.2 Å². The molecule has 0 bridgehead atoms. The molecule has 4 rings (SSSR count). The van der Waals surface area contributed by atoms with Gasteiger partial charge in [0.1, 0.15) is 6.54 Å². The van der Waals surface area contributed by atoms with E-state index in [9.17, 15) is 19.7 Å². The van der Waals surface area contributed by atoms with Crippen LogP contribution in [0.15, 0.2) is 66.9 Å². The summed E-state index contributed by atoms with van der Waals surface area (Å²) in [5.74, 6) is -0.531. The van der Waals surface area contributed by atoms with Gasteiger partial charge >= 0.3 is 0 Å². The smallest absolute Gasteiger partial charge is 0.270 e. The summed E-state index contributed by atoms with van der Waals surface area (Å²) in [5, 5.41) is 11.1. The van der Waals surface area contributed by atoms with Gasteiger partial charge in [-0.05, 0) is 37.1 Å². The highest BCUT2D eigenvalue weighted by Gasteiger charge is 2.33. The number of rotatable bonds is 7. The fraction of sp³-hybridized carbons (Fsp3) is 0.308. The Morgan fingerprint density at radius 3 is 2.56 bits per heavy atom. The van der Waals surface area contributed by atoms with Crippen molar-refractivity contribution in [2.24, 2.45) is 0 Å². The van der Waals surface area contributed by atoms with E-state index < -0.39 is 4.92 Å². The Bertz CT molecular complexity index is 1200. The Balaban J connectivity index is 1.60. The normalized spacial score (nSPS) is 15.0. The lowest BCUT2D eigenvalue weighted by atomic mass is 9.98. The standard InChI is InChI=1S/C26H28N4O4/c1-3-13-28(26(32)21-6-4-7-22(17-21)30(33)34)18-24(31)29-16-15-27-14-5-8-23(27)25(29)20-11-9-19(2)10-12-20/h4-12,14,17,25H,3,13,15-16,18H2,1-2H3/t25-/m0/s1. The second-order valence-corrected chi connectivity index (χ2v) is 8.56. The van der Waals surface area contributed by atoms with Gasteiger partial charge in [-0.25, -0.2) is 0 Å². The highest BCUT2D eigenvalue weighted by Crippen LogP contribution is 2.32. The van der Waals surface area contributed by atoms with E-state index in [2.05, 4.69) is 4.57 Å². The lowest BCUT2D eigenvalue weighted by Gasteiger charge is -2.38. The second-order valence-electron chi connectivity index (χ2n) is 8.56. The van der Waals surface area contributed by atoms with Gasteiger partial charge in [-0.2, -0.15) is 0 Å². The number of fused-ring (bicyclic) bond motifs is 1. The van der Waals surface area contributed by atoms with E-state index in [1.165, 1.54) is 23.1 Å².